The van der Waals surface area contributed by atoms with E-state index in [2.05, 4.69) is 34.6 Å². The summed E-state index contributed by atoms with van der Waals surface area (Å²) < 4.78 is 23.2. The summed E-state index contributed by atoms with van der Waals surface area (Å²) in [5.41, 5.74) is -0.0239. The average Bonchev–Trinajstić information content (AvgIpc) is 2.17. The average molecular weight is 264 g/mol. The largest absolute Gasteiger partial charge is 0.327 e. The van der Waals surface area contributed by atoms with E-state index in [1.165, 1.54) is 0 Å². The molecule has 104 valence electrons. The lowest BCUT2D eigenvalue weighted by atomic mass is 9.91. The van der Waals surface area contributed by atoms with Gasteiger partial charge in [-0.15, -0.1) is 0 Å². The second-order valence-corrected chi connectivity index (χ2v) is 7.87. The second kappa shape index (κ2) is 6.92. The molecule has 0 saturated carbocycles. The normalized spacial score (nSPS) is 18.1. The molecule has 0 aromatic heterocycles. The molecule has 0 aromatic carbocycles. The Morgan fingerprint density at radius 3 is 2.00 bits per heavy atom. The summed E-state index contributed by atoms with van der Waals surface area (Å²) in [5, 5.41) is 0. The molecule has 0 rings (SSSR count). The van der Waals surface area contributed by atoms with Gasteiger partial charge < -0.3 is 9.05 Å². The van der Waals surface area contributed by atoms with Gasteiger partial charge in [-0.05, 0) is 18.3 Å². The molecule has 0 N–H and O–H groups in total. The van der Waals surface area contributed by atoms with Crippen LogP contribution in [-0.2, 0) is 13.6 Å². The minimum Gasteiger partial charge on any atom is -0.308 e. The van der Waals surface area contributed by atoms with Crippen molar-refractivity contribution in [2.24, 2.45) is 11.3 Å². The first-order chi connectivity index (χ1) is 7.62. The van der Waals surface area contributed by atoms with Gasteiger partial charge in [-0.25, -0.2) is 0 Å². The smallest absolute Gasteiger partial charge is 0.308 e. The summed E-state index contributed by atoms with van der Waals surface area (Å²) >= 11 is 0. The van der Waals surface area contributed by atoms with Crippen LogP contribution in [0.25, 0.3) is 0 Å². The van der Waals surface area contributed by atoms with Crippen LogP contribution in [0.5, 0.6) is 0 Å². The first-order valence-electron chi connectivity index (χ1n) is 6.52. The van der Waals surface area contributed by atoms with Crippen molar-refractivity contribution in [3.63, 3.8) is 0 Å². The topological polar surface area (TPSA) is 35.5 Å². The fourth-order valence-corrected chi connectivity index (χ4v) is 2.67. The quantitative estimate of drug-likeness (QED) is 0.624. The highest BCUT2D eigenvalue weighted by atomic mass is 31.2. The van der Waals surface area contributed by atoms with Crippen LogP contribution in [0.1, 0.15) is 54.4 Å². The third-order valence-electron chi connectivity index (χ3n) is 3.27. The molecule has 0 fully saturated rings. The summed E-state index contributed by atoms with van der Waals surface area (Å²) in [7, 11) is -2.93. The predicted octanol–water partition coefficient (Wildman–Crippen LogP) is 4.71. The van der Waals surface area contributed by atoms with Crippen LogP contribution in [-0.4, -0.2) is 19.4 Å². The van der Waals surface area contributed by atoms with Crippen molar-refractivity contribution in [2.75, 3.05) is 13.3 Å². The maximum absolute atomic E-state index is 12.2. The van der Waals surface area contributed by atoms with Crippen molar-refractivity contribution in [1.29, 1.82) is 0 Å². The van der Waals surface area contributed by atoms with Crippen molar-refractivity contribution in [3.8, 4) is 0 Å². The van der Waals surface area contributed by atoms with Crippen molar-refractivity contribution in [2.45, 2.75) is 60.5 Å². The molecular formula is C13H29O3P. The lowest BCUT2D eigenvalue weighted by molar-refractivity contribution is 0.0749. The summed E-state index contributed by atoms with van der Waals surface area (Å²) in [6.07, 6.45) is 2.01. The maximum atomic E-state index is 12.2. The second-order valence-electron chi connectivity index (χ2n) is 5.86. The van der Waals surface area contributed by atoms with Crippen molar-refractivity contribution in [1.82, 2.24) is 0 Å². The van der Waals surface area contributed by atoms with Gasteiger partial charge in [-0.3, -0.25) is 4.57 Å². The molecule has 17 heavy (non-hydrogen) atoms. The van der Waals surface area contributed by atoms with E-state index in [1.54, 1.807) is 6.66 Å². The Balaban J connectivity index is 4.25. The molecule has 0 aliphatic heterocycles. The Morgan fingerprint density at radius 2 is 1.65 bits per heavy atom. The molecule has 0 amide bonds. The van der Waals surface area contributed by atoms with E-state index in [9.17, 15) is 4.57 Å². The van der Waals surface area contributed by atoms with Gasteiger partial charge in [0.05, 0.1) is 12.7 Å². The van der Waals surface area contributed by atoms with Gasteiger partial charge in [-0.1, -0.05) is 47.5 Å². The summed E-state index contributed by atoms with van der Waals surface area (Å²) in [5.74, 6) is 0.469. The Bertz CT molecular complexity index is 254. The van der Waals surface area contributed by atoms with E-state index in [4.69, 9.17) is 9.05 Å². The van der Waals surface area contributed by atoms with Crippen LogP contribution >= 0.6 is 7.60 Å². The molecule has 0 saturated heterocycles. The molecular weight excluding hydrogens is 235 g/mol. The molecule has 0 radical (unpaired) electrons. The molecule has 0 bridgehead atoms. The maximum Gasteiger partial charge on any atom is 0.327 e. The zero-order valence-electron chi connectivity index (χ0n) is 12.4. The van der Waals surface area contributed by atoms with Crippen LogP contribution in [0.15, 0.2) is 0 Å². The molecule has 2 atom stereocenters. The zero-order valence-corrected chi connectivity index (χ0v) is 13.3. The summed E-state index contributed by atoms with van der Waals surface area (Å²) in [6.45, 7) is 14.5. The monoisotopic (exact) mass is 264 g/mol. The van der Waals surface area contributed by atoms with Crippen LogP contribution in [0.3, 0.4) is 0 Å². The van der Waals surface area contributed by atoms with Gasteiger partial charge >= 0.3 is 7.60 Å². The minimum atomic E-state index is -2.93. The molecule has 4 heteroatoms. The van der Waals surface area contributed by atoms with Gasteiger partial charge in [0.15, 0.2) is 0 Å². The van der Waals surface area contributed by atoms with Gasteiger partial charge in [0.2, 0.25) is 0 Å². The van der Waals surface area contributed by atoms with Crippen molar-refractivity contribution in [3.05, 3.63) is 0 Å². The Kier molecular flexibility index (Phi) is 6.98. The van der Waals surface area contributed by atoms with Gasteiger partial charge in [0.1, 0.15) is 0 Å². The third kappa shape index (κ3) is 7.23. The fourth-order valence-electron chi connectivity index (χ4n) is 1.24. The van der Waals surface area contributed by atoms with E-state index in [-0.39, 0.29) is 11.5 Å². The standard InChI is InChI=1S/C13H29O3P/c1-8-12(9-2)10-15-17(7,14)16-11(3)13(4,5)6/h11-12H,8-10H2,1-7H3. The fraction of sp³-hybridized carbons (Fsp3) is 1.00. The zero-order chi connectivity index (χ0) is 13.7. The molecule has 0 heterocycles. The highest BCUT2D eigenvalue weighted by molar-refractivity contribution is 7.53. The van der Waals surface area contributed by atoms with E-state index < -0.39 is 7.60 Å². The highest BCUT2D eigenvalue weighted by Gasteiger charge is 2.29. The molecule has 3 nitrogen and oxygen atoms in total. The van der Waals surface area contributed by atoms with Crippen molar-refractivity contribution >= 4 is 7.60 Å². The van der Waals surface area contributed by atoms with Crippen LogP contribution in [0, 0.1) is 11.3 Å². The lowest BCUT2D eigenvalue weighted by Crippen LogP contribution is -2.25. The molecule has 0 aliphatic carbocycles. The van der Waals surface area contributed by atoms with Gasteiger partial charge in [0.25, 0.3) is 0 Å². The highest BCUT2D eigenvalue weighted by Crippen LogP contribution is 2.48. The SMILES string of the molecule is CCC(CC)COP(C)(=O)OC(C)C(C)(C)C. The third-order valence-corrected chi connectivity index (χ3v) is 4.59. The number of rotatable bonds is 7. The molecule has 0 aliphatic rings. The van der Waals surface area contributed by atoms with E-state index >= 15 is 0 Å². The predicted molar refractivity (Wildman–Crippen MR) is 73.6 cm³/mol. The van der Waals surface area contributed by atoms with Crippen LogP contribution in [0.2, 0.25) is 0 Å². The first kappa shape index (κ1) is 17.2. The van der Waals surface area contributed by atoms with Gasteiger partial charge in [-0.2, -0.15) is 0 Å². The van der Waals surface area contributed by atoms with E-state index in [0.717, 1.165) is 12.8 Å². The Labute approximate surface area is 107 Å². The lowest BCUT2D eigenvalue weighted by Gasteiger charge is -2.30. The Hall–Kier alpha value is 0.150. The van der Waals surface area contributed by atoms with Gasteiger partial charge in [0, 0.05) is 6.66 Å². The molecule has 0 aromatic rings. The minimum absolute atomic E-state index is 0.0239. The summed E-state index contributed by atoms with van der Waals surface area (Å²) in [4.78, 5) is 0. The molecule has 0 spiro atoms. The number of hydrogen-bond donors (Lipinski definition) is 0. The van der Waals surface area contributed by atoms with Crippen molar-refractivity contribution < 1.29 is 13.6 Å². The van der Waals surface area contributed by atoms with Crippen LogP contribution < -0.4 is 0 Å². The van der Waals surface area contributed by atoms with Crippen LogP contribution in [0.4, 0.5) is 0 Å². The molecule has 2 unspecified atom stereocenters. The van der Waals surface area contributed by atoms with E-state index in [1.807, 2.05) is 6.92 Å². The summed E-state index contributed by atoms with van der Waals surface area (Å²) in [6, 6.07) is 0. The Morgan fingerprint density at radius 1 is 1.18 bits per heavy atom. The first-order valence-corrected chi connectivity index (χ1v) is 8.51. The number of hydrogen-bond acceptors (Lipinski definition) is 3. The van der Waals surface area contributed by atoms with E-state index in [0.29, 0.717) is 12.5 Å².